The van der Waals surface area contributed by atoms with Crippen LogP contribution in [-0.4, -0.2) is 30.4 Å². The van der Waals surface area contributed by atoms with Gasteiger partial charge in [-0.2, -0.15) is 0 Å². The molecule has 0 aromatic heterocycles. The van der Waals surface area contributed by atoms with Gasteiger partial charge >= 0.3 is 0 Å². The average Bonchev–Trinajstić information content (AvgIpc) is 2.44. The summed E-state index contributed by atoms with van der Waals surface area (Å²) in [6.45, 7) is 12.1. The van der Waals surface area contributed by atoms with Crippen molar-refractivity contribution in [2.75, 3.05) is 19.6 Å². The maximum absolute atomic E-state index is 13.1. The number of amides is 1. The van der Waals surface area contributed by atoms with Crippen LogP contribution < -0.4 is 5.32 Å². The van der Waals surface area contributed by atoms with E-state index in [9.17, 15) is 9.18 Å². The second-order valence-electron chi connectivity index (χ2n) is 5.48. The molecule has 3 nitrogen and oxygen atoms in total. The van der Waals surface area contributed by atoms with E-state index in [0.717, 1.165) is 5.56 Å². The first-order chi connectivity index (χ1) is 10.3. The Hall–Kier alpha value is -1.65. The van der Waals surface area contributed by atoms with Crippen molar-refractivity contribution in [1.82, 2.24) is 10.2 Å². The first-order valence-corrected chi connectivity index (χ1v) is 7.39. The third-order valence-corrected chi connectivity index (χ3v) is 3.65. The van der Waals surface area contributed by atoms with Gasteiger partial charge in [0.05, 0.1) is 6.54 Å². The number of carbonyl (C=O) groups excluding carboxylic acids is 1. The molecule has 0 saturated heterocycles. The summed E-state index contributed by atoms with van der Waals surface area (Å²) >= 11 is 6.09. The van der Waals surface area contributed by atoms with Crippen LogP contribution in [0, 0.1) is 5.82 Å². The molecule has 5 heteroatoms. The van der Waals surface area contributed by atoms with Gasteiger partial charge in [-0.15, -0.1) is 13.2 Å². The molecule has 1 rings (SSSR count). The van der Waals surface area contributed by atoms with Gasteiger partial charge in [-0.3, -0.25) is 10.1 Å². The molecule has 1 amide bonds. The summed E-state index contributed by atoms with van der Waals surface area (Å²) in [7, 11) is 0. The largest absolute Gasteiger partial charge is 0.334 e. The number of carbonyl (C=O) groups is 1. The van der Waals surface area contributed by atoms with Crippen molar-refractivity contribution >= 4 is 17.5 Å². The topological polar surface area (TPSA) is 32.3 Å². The van der Waals surface area contributed by atoms with E-state index in [2.05, 4.69) is 18.5 Å². The van der Waals surface area contributed by atoms with Crippen LogP contribution in [0.2, 0.25) is 5.02 Å². The molecule has 0 radical (unpaired) electrons. The van der Waals surface area contributed by atoms with Crippen LogP contribution >= 0.6 is 11.6 Å². The lowest BCUT2D eigenvalue weighted by Gasteiger charge is -2.29. The van der Waals surface area contributed by atoms with Gasteiger partial charge in [-0.25, -0.2) is 4.39 Å². The Balaban J connectivity index is 2.77. The number of halogens is 2. The monoisotopic (exact) mass is 324 g/mol. The third kappa shape index (κ3) is 4.97. The fourth-order valence-electron chi connectivity index (χ4n) is 2.09. The Kier molecular flexibility index (Phi) is 6.78. The molecule has 0 atom stereocenters. The summed E-state index contributed by atoms with van der Waals surface area (Å²) in [5.74, 6) is -0.449. The lowest BCUT2D eigenvalue weighted by Crippen LogP contribution is -2.45. The summed E-state index contributed by atoms with van der Waals surface area (Å²) in [5.41, 5.74) is 0.177. The first kappa shape index (κ1) is 18.4. The van der Waals surface area contributed by atoms with Crippen LogP contribution in [0.1, 0.15) is 19.4 Å². The number of benzene rings is 1. The minimum atomic E-state index is -0.561. The van der Waals surface area contributed by atoms with Crippen molar-refractivity contribution in [3.8, 4) is 0 Å². The van der Waals surface area contributed by atoms with Crippen LogP contribution in [-0.2, 0) is 10.3 Å². The molecule has 1 N–H and O–H groups in total. The summed E-state index contributed by atoms with van der Waals surface area (Å²) in [6, 6.07) is 4.25. The second kappa shape index (κ2) is 8.11. The zero-order chi connectivity index (χ0) is 16.8. The molecule has 0 unspecified atom stereocenters. The van der Waals surface area contributed by atoms with Crippen molar-refractivity contribution in [3.05, 3.63) is 59.9 Å². The van der Waals surface area contributed by atoms with Crippen LogP contribution in [0.5, 0.6) is 0 Å². The van der Waals surface area contributed by atoms with E-state index in [1.807, 2.05) is 13.8 Å². The average molecular weight is 325 g/mol. The van der Waals surface area contributed by atoms with Gasteiger partial charge in [-0.1, -0.05) is 29.8 Å². The zero-order valence-corrected chi connectivity index (χ0v) is 13.8. The van der Waals surface area contributed by atoms with Crippen molar-refractivity contribution in [2.45, 2.75) is 19.4 Å². The Labute approximate surface area is 136 Å². The molecule has 0 aliphatic carbocycles. The highest BCUT2D eigenvalue weighted by Crippen LogP contribution is 2.28. The van der Waals surface area contributed by atoms with E-state index in [1.54, 1.807) is 23.1 Å². The quantitative estimate of drug-likeness (QED) is 0.742. The Morgan fingerprint density at radius 2 is 1.95 bits per heavy atom. The minimum absolute atomic E-state index is 0.0638. The second-order valence-corrected chi connectivity index (χ2v) is 5.89. The number of nitrogens with one attached hydrogen (secondary N) is 1. The molecule has 120 valence electrons. The molecule has 0 saturated carbocycles. The summed E-state index contributed by atoms with van der Waals surface area (Å²) in [5, 5.41) is 3.50. The molecule has 0 spiro atoms. The molecule has 0 aliphatic heterocycles. The van der Waals surface area contributed by atoms with Crippen molar-refractivity contribution in [2.24, 2.45) is 0 Å². The molecular formula is C17H22ClFN2O. The maximum atomic E-state index is 13.1. The fraction of sp³-hybridized carbons (Fsp3) is 0.353. The first-order valence-electron chi connectivity index (χ1n) is 7.02. The number of rotatable bonds is 8. The third-order valence-electron chi connectivity index (χ3n) is 3.34. The molecule has 1 aromatic carbocycles. The van der Waals surface area contributed by atoms with E-state index in [0.29, 0.717) is 18.1 Å². The van der Waals surface area contributed by atoms with Gasteiger partial charge in [0.1, 0.15) is 5.82 Å². The molecule has 22 heavy (non-hydrogen) atoms. The van der Waals surface area contributed by atoms with Gasteiger partial charge in [0.25, 0.3) is 0 Å². The highest BCUT2D eigenvalue weighted by Gasteiger charge is 2.24. The van der Waals surface area contributed by atoms with Crippen LogP contribution in [0.15, 0.2) is 43.5 Å². The highest BCUT2D eigenvalue weighted by molar-refractivity contribution is 6.31. The normalized spacial score (nSPS) is 11.1. The standard InChI is InChI=1S/C17H22ClFN2O/c1-5-9-21(10-6-2)16(22)12-20-17(3,4)14-8-7-13(19)11-15(14)18/h5-8,11,20H,1-2,9-10,12H2,3-4H3. The lowest BCUT2D eigenvalue weighted by molar-refractivity contribution is -0.129. The Bertz CT molecular complexity index is 548. The van der Waals surface area contributed by atoms with Crippen molar-refractivity contribution in [1.29, 1.82) is 0 Å². The molecule has 0 bridgehead atoms. The number of hydrogen-bond donors (Lipinski definition) is 1. The predicted octanol–water partition coefficient (Wildman–Crippen LogP) is 3.50. The van der Waals surface area contributed by atoms with Gasteiger partial charge in [0, 0.05) is 23.7 Å². The predicted molar refractivity (Wildman–Crippen MR) is 89.4 cm³/mol. The van der Waals surface area contributed by atoms with E-state index in [1.165, 1.54) is 12.1 Å². The Morgan fingerprint density at radius 3 is 2.45 bits per heavy atom. The van der Waals surface area contributed by atoms with Crippen molar-refractivity contribution < 1.29 is 9.18 Å². The van der Waals surface area contributed by atoms with E-state index < -0.39 is 5.54 Å². The number of nitrogens with zero attached hydrogens (tertiary/aromatic N) is 1. The van der Waals surface area contributed by atoms with E-state index >= 15 is 0 Å². The van der Waals surface area contributed by atoms with Gasteiger partial charge in [-0.05, 0) is 31.5 Å². The van der Waals surface area contributed by atoms with Gasteiger partial charge < -0.3 is 4.90 Å². The van der Waals surface area contributed by atoms with Crippen molar-refractivity contribution in [3.63, 3.8) is 0 Å². The lowest BCUT2D eigenvalue weighted by atomic mass is 9.94. The zero-order valence-electron chi connectivity index (χ0n) is 13.0. The summed E-state index contributed by atoms with van der Waals surface area (Å²) in [6.07, 6.45) is 3.34. The summed E-state index contributed by atoms with van der Waals surface area (Å²) in [4.78, 5) is 13.8. The van der Waals surface area contributed by atoms with E-state index in [4.69, 9.17) is 11.6 Å². The number of hydrogen-bond acceptors (Lipinski definition) is 2. The van der Waals surface area contributed by atoms with Crippen LogP contribution in [0.25, 0.3) is 0 Å². The van der Waals surface area contributed by atoms with Crippen LogP contribution in [0.3, 0.4) is 0 Å². The molecule has 1 aromatic rings. The summed E-state index contributed by atoms with van der Waals surface area (Å²) < 4.78 is 13.1. The van der Waals surface area contributed by atoms with Gasteiger partial charge in [0.2, 0.25) is 5.91 Å². The minimum Gasteiger partial charge on any atom is -0.334 e. The Morgan fingerprint density at radius 1 is 1.36 bits per heavy atom. The molecule has 0 fully saturated rings. The van der Waals surface area contributed by atoms with E-state index in [-0.39, 0.29) is 18.3 Å². The maximum Gasteiger partial charge on any atom is 0.237 e. The fourth-order valence-corrected chi connectivity index (χ4v) is 2.49. The SMILES string of the molecule is C=CCN(CC=C)C(=O)CNC(C)(C)c1ccc(F)cc1Cl. The van der Waals surface area contributed by atoms with Crippen LogP contribution in [0.4, 0.5) is 4.39 Å². The smallest absolute Gasteiger partial charge is 0.237 e. The highest BCUT2D eigenvalue weighted by atomic mass is 35.5. The molecule has 0 heterocycles. The molecule has 0 aliphatic rings. The molecular weight excluding hydrogens is 303 g/mol. The van der Waals surface area contributed by atoms with Gasteiger partial charge in [0.15, 0.2) is 0 Å².